The van der Waals surface area contributed by atoms with E-state index in [1.165, 1.54) is 0 Å². The Hall–Kier alpha value is -2.81. The van der Waals surface area contributed by atoms with E-state index in [2.05, 4.69) is 9.97 Å². The molecule has 27 heavy (non-hydrogen) atoms. The number of fused-ring (bicyclic) bond motifs is 1. The molecule has 1 aromatic heterocycles. The molecule has 1 amide bonds. The van der Waals surface area contributed by atoms with Crippen molar-refractivity contribution >= 4 is 28.6 Å². The van der Waals surface area contributed by atoms with Gasteiger partial charge in [0, 0.05) is 37.6 Å². The number of nitrogens with zero attached hydrogens (tertiary/aromatic N) is 4. The number of benzene rings is 1. The molecule has 1 aromatic carbocycles. The molecule has 0 aliphatic carbocycles. The molecule has 146 valence electrons. The smallest absolute Gasteiger partial charge is 0.228 e. The Morgan fingerprint density at radius 2 is 1.81 bits per heavy atom. The standard InChI is InChI=1S/C18H25N5O4/c1-11(24)8-16(25)22-4-6-23(7-5-22)18-20-13-10-15(27-3)14(26-2)9-12(13)17(19)21-18/h9-11,24H,4-8H2,1-3H3,(H2,19,20,21). The zero-order valence-electron chi connectivity index (χ0n) is 15.8. The van der Waals surface area contributed by atoms with Crippen molar-refractivity contribution in [1.29, 1.82) is 0 Å². The molecule has 1 aliphatic rings. The zero-order chi connectivity index (χ0) is 19.6. The number of methoxy groups -OCH3 is 2. The molecule has 2 heterocycles. The lowest BCUT2D eigenvalue weighted by molar-refractivity contribution is -0.133. The number of rotatable bonds is 5. The lowest BCUT2D eigenvalue weighted by atomic mass is 10.2. The summed E-state index contributed by atoms with van der Waals surface area (Å²) in [5.74, 6) is 1.99. The first-order valence-corrected chi connectivity index (χ1v) is 8.83. The number of carbonyl (C=O) groups is 1. The first-order valence-electron chi connectivity index (χ1n) is 8.83. The van der Waals surface area contributed by atoms with Crippen LogP contribution in [0.1, 0.15) is 13.3 Å². The van der Waals surface area contributed by atoms with Crippen LogP contribution in [0.3, 0.4) is 0 Å². The predicted octanol–water partition coefficient (Wildman–Crippen LogP) is 0.649. The first-order chi connectivity index (χ1) is 12.9. The van der Waals surface area contributed by atoms with E-state index in [-0.39, 0.29) is 12.3 Å². The van der Waals surface area contributed by atoms with Gasteiger partial charge >= 0.3 is 0 Å². The molecule has 0 bridgehead atoms. The Labute approximate surface area is 157 Å². The van der Waals surface area contributed by atoms with Crippen molar-refractivity contribution in [2.75, 3.05) is 51.0 Å². The zero-order valence-corrected chi connectivity index (χ0v) is 15.8. The second kappa shape index (κ2) is 7.83. The van der Waals surface area contributed by atoms with Crippen LogP contribution < -0.4 is 20.1 Å². The van der Waals surface area contributed by atoms with Crippen molar-refractivity contribution in [3.8, 4) is 11.5 Å². The number of anilines is 2. The molecular weight excluding hydrogens is 350 g/mol. The number of aromatic nitrogens is 2. The number of hydrogen-bond donors (Lipinski definition) is 2. The van der Waals surface area contributed by atoms with E-state index in [0.717, 1.165) is 0 Å². The maximum absolute atomic E-state index is 12.1. The molecule has 9 nitrogen and oxygen atoms in total. The topological polar surface area (TPSA) is 114 Å². The molecule has 9 heteroatoms. The molecule has 1 saturated heterocycles. The van der Waals surface area contributed by atoms with Crippen LogP contribution >= 0.6 is 0 Å². The summed E-state index contributed by atoms with van der Waals surface area (Å²) in [6, 6.07) is 3.54. The molecule has 2 aromatic rings. The minimum absolute atomic E-state index is 0.0413. The summed E-state index contributed by atoms with van der Waals surface area (Å²) >= 11 is 0. The van der Waals surface area contributed by atoms with Crippen molar-refractivity contribution < 1.29 is 19.4 Å². The Bertz CT molecular complexity index is 834. The fourth-order valence-corrected chi connectivity index (χ4v) is 3.15. The Morgan fingerprint density at radius 1 is 1.19 bits per heavy atom. The number of nitrogen functional groups attached to an aromatic ring is 1. The number of hydrogen-bond acceptors (Lipinski definition) is 8. The van der Waals surface area contributed by atoms with Crippen molar-refractivity contribution in [2.45, 2.75) is 19.4 Å². The number of aliphatic hydroxyl groups excluding tert-OH is 1. The second-order valence-electron chi connectivity index (χ2n) is 6.55. The lowest BCUT2D eigenvalue weighted by Gasteiger charge is -2.35. The highest BCUT2D eigenvalue weighted by atomic mass is 16.5. The van der Waals surface area contributed by atoms with Crippen LogP contribution in [0, 0.1) is 0 Å². The minimum Gasteiger partial charge on any atom is -0.493 e. The number of nitrogens with two attached hydrogens (primary N) is 1. The average molecular weight is 375 g/mol. The van der Waals surface area contributed by atoms with Crippen molar-refractivity contribution in [3.63, 3.8) is 0 Å². The van der Waals surface area contributed by atoms with Gasteiger partial charge in [-0.05, 0) is 13.0 Å². The summed E-state index contributed by atoms with van der Waals surface area (Å²) < 4.78 is 10.6. The molecular formula is C18H25N5O4. The molecule has 0 radical (unpaired) electrons. The highest BCUT2D eigenvalue weighted by Crippen LogP contribution is 2.34. The highest BCUT2D eigenvalue weighted by molar-refractivity contribution is 5.91. The van der Waals surface area contributed by atoms with Gasteiger partial charge in [0.1, 0.15) is 5.82 Å². The third-order valence-corrected chi connectivity index (χ3v) is 4.60. The van der Waals surface area contributed by atoms with Crippen molar-refractivity contribution in [3.05, 3.63) is 12.1 Å². The van der Waals surface area contributed by atoms with Gasteiger partial charge in [0.25, 0.3) is 0 Å². The van der Waals surface area contributed by atoms with Gasteiger partial charge in [-0.3, -0.25) is 4.79 Å². The van der Waals surface area contributed by atoms with E-state index in [0.29, 0.717) is 60.3 Å². The van der Waals surface area contributed by atoms with E-state index < -0.39 is 6.10 Å². The van der Waals surface area contributed by atoms with E-state index in [4.69, 9.17) is 15.2 Å². The van der Waals surface area contributed by atoms with E-state index in [1.54, 1.807) is 38.2 Å². The number of carbonyl (C=O) groups excluding carboxylic acids is 1. The Kier molecular flexibility index (Phi) is 5.50. The number of aliphatic hydroxyl groups is 1. The van der Waals surface area contributed by atoms with Crippen LogP contribution in [0.5, 0.6) is 11.5 Å². The second-order valence-corrected chi connectivity index (χ2v) is 6.55. The van der Waals surface area contributed by atoms with Crippen LogP contribution in [0.15, 0.2) is 12.1 Å². The predicted molar refractivity (Wildman–Crippen MR) is 102 cm³/mol. The summed E-state index contributed by atoms with van der Waals surface area (Å²) in [5.41, 5.74) is 6.81. The van der Waals surface area contributed by atoms with E-state index in [1.807, 2.05) is 4.90 Å². The van der Waals surface area contributed by atoms with Gasteiger partial charge in [0.15, 0.2) is 11.5 Å². The van der Waals surface area contributed by atoms with E-state index >= 15 is 0 Å². The molecule has 1 aliphatic heterocycles. The van der Waals surface area contributed by atoms with Gasteiger partial charge in [-0.1, -0.05) is 0 Å². The summed E-state index contributed by atoms with van der Waals surface area (Å²) in [7, 11) is 3.13. The minimum atomic E-state index is -0.633. The quantitative estimate of drug-likeness (QED) is 0.783. The third-order valence-electron chi connectivity index (χ3n) is 4.60. The number of piperazine rings is 1. The monoisotopic (exact) mass is 375 g/mol. The summed E-state index contributed by atoms with van der Waals surface area (Å²) in [6.45, 7) is 3.92. The third kappa shape index (κ3) is 3.97. The molecule has 0 spiro atoms. The lowest BCUT2D eigenvalue weighted by Crippen LogP contribution is -2.49. The summed E-state index contributed by atoms with van der Waals surface area (Å²) in [6.07, 6.45) is -0.493. The van der Waals surface area contributed by atoms with Gasteiger partial charge in [0.05, 0.1) is 32.3 Å². The van der Waals surface area contributed by atoms with Gasteiger partial charge in [-0.15, -0.1) is 0 Å². The first kappa shape index (κ1) is 19.0. The fourth-order valence-electron chi connectivity index (χ4n) is 3.15. The van der Waals surface area contributed by atoms with Crippen LogP contribution in [-0.2, 0) is 4.79 Å². The molecule has 3 rings (SSSR count). The summed E-state index contributed by atoms with van der Waals surface area (Å²) in [5, 5.41) is 10.1. The van der Waals surface area contributed by atoms with Crippen LogP contribution in [0.4, 0.5) is 11.8 Å². The highest BCUT2D eigenvalue weighted by Gasteiger charge is 2.24. The van der Waals surface area contributed by atoms with Gasteiger partial charge in [0.2, 0.25) is 11.9 Å². The van der Waals surface area contributed by atoms with Crippen LogP contribution in [0.25, 0.3) is 10.9 Å². The van der Waals surface area contributed by atoms with Gasteiger partial charge < -0.3 is 30.1 Å². The largest absolute Gasteiger partial charge is 0.493 e. The number of ether oxygens (including phenoxy) is 2. The maximum atomic E-state index is 12.1. The molecule has 1 unspecified atom stereocenters. The average Bonchev–Trinajstić information content (AvgIpc) is 2.66. The Balaban J connectivity index is 1.81. The van der Waals surface area contributed by atoms with Crippen LogP contribution in [-0.4, -0.2) is 72.4 Å². The maximum Gasteiger partial charge on any atom is 0.228 e. The van der Waals surface area contributed by atoms with Crippen molar-refractivity contribution in [2.24, 2.45) is 0 Å². The SMILES string of the molecule is COc1cc2nc(N3CCN(C(=O)CC(C)O)CC3)nc(N)c2cc1OC. The summed E-state index contributed by atoms with van der Waals surface area (Å²) in [4.78, 5) is 24.9. The Morgan fingerprint density at radius 3 is 2.41 bits per heavy atom. The number of amides is 1. The fraction of sp³-hybridized carbons (Fsp3) is 0.500. The molecule has 1 atom stereocenters. The molecule has 0 saturated carbocycles. The van der Waals surface area contributed by atoms with E-state index in [9.17, 15) is 9.90 Å². The molecule has 1 fully saturated rings. The van der Waals surface area contributed by atoms with Gasteiger partial charge in [-0.25, -0.2) is 4.98 Å². The molecule has 3 N–H and O–H groups in total. The van der Waals surface area contributed by atoms with Crippen LogP contribution in [0.2, 0.25) is 0 Å². The normalized spacial score (nSPS) is 15.7. The van der Waals surface area contributed by atoms with Crippen molar-refractivity contribution in [1.82, 2.24) is 14.9 Å². The van der Waals surface area contributed by atoms with Gasteiger partial charge in [-0.2, -0.15) is 4.98 Å².